The van der Waals surface area contributed by atoms with Crippen molar-refractivity contribution in [3.63, 3.8) is 0 Å². The smallest absolute Gasteiger partial charge is 0.0687 e. The van der Waals surface area contributed by atoms with E-state index < -0.39 is 0 Å². The van der Waals surface area contributed by atoms with E-state index in [4.69, 9.17) is 11.6 Å². The third-order valence-electron chi connectivity index (χ3n) is 3.15. The van der Waals surface area contributed by atoms with Crippen LogP contribution in [0.5, 0.6) is 0 Å². The summed E-state index contributed by atoms with van der Waals surface area (Å²) in [5.74, 6) is 1.03. The highest BCUT2D eigenvalue weighted by atomic mass is 35.5. The molecule has 1 heterocycles. The summed E-state index contributed by atoms with van der Waals surface area (Å²) in [5, 5.41) is 0.820. The van der Waals surface area contributed by atoms with Crippen LogP contribution in [0.15, 0.2) is 53.4 Å². The maximum Gasteiger partial charge on any atom is 0.0687 e. The Morgan fingerprint density at radius 3 is 2.78 bits per heavy atom. The van der Waals surface area contributed by atoms with Gasteiger partial charge in [-0.25, -0.2) is 0 Å². The molecule has 0 spiro atoms. The number of anilines is 1. The van der Waals surface area contributed by atoms with Crippen LogP contribution in [0.4, 0.5) is 5.69 Å². The molecule has 2 aromatic carbocycles. The summed E-state index contributed by atoms with van der Waals surface area (Å²) in [7, 11) is 0. The molecule has 0 aromatic heterocycles. The first kappa shape index (κ1) is 11.9. The molecule has 2 aromatic rings. The Morgan fingerprint density at radius 2 is 1.94 bits per heavy atom. The van der Waals surface area contributed by atoms with Crippen molar-refractivity contribution in [2.24, 2.45) is 0 Å². The maximum absolute atomic E-state index is 6.07. The minimum Gasteiger partial charge on any atom is -0.361 e. The van der Waals surface area contributed by atoms with Crippen LogP contribution >= 0.6 is 23.4 Å². The minimum absolute atomic E-state index is 0.820. The lowest BCUT2D eigenvalue weighted by Gasteiger charge is -2.18. The number of nitrogens with zero attached hydrogens (tertiary/aromatic N) is 1. The summed E-state index contributed by atoms with van der Waals surface area (Å²) in [6.45, 7) is 1.05. The van der Waals surface area contributed by atoms with Crippen molar-refractivity contribution in [1.29, 1.82) is 0 Å². The van der Waals surface area contributed by atoms with E-state index in [0.717, 1.165) is 23.9 Å². The quantitative estimate of drug-likeness (QED) is 0.814. The van der Waals surface area contributed by atoms with Crippen molar-refractivity contribution < 1.29 is 0 Å². The zero-order valence-electron chi connectivity index (χ0n) is 9.97. The van der Waals surface area contributed by atoms with Gasteiger partial charge in [0.2, 0.25) is 0 Å². The number of benzene rings is 2. The zero-order valence-corrected chi connectivity index (χ0v) is 11.5. The molecule has 0 saturated carbocycles. The fourth-order valence-corrected chi connectivity index (χ4v) is 3.40. The van der Waals surface area contributed by atoms with Crippen molar-refractivity contribution >= 4 is 29.1 Å². The third-order valence-corrected chi connectivity index (χ3v) is 4.48. The first-order valence-corrected chi connectivity index (χ1v) is 7.40. The predicted molar refractivity (Wildman–Crippen MR) is 79.7 cm³/mol. The Balaban J connectivity index is 1.71. The molecule has 0 bridgehead atoms. The molecule has 1 aliphatic heterocycles. The van der Waals surface area contributed by atoms with E-state index in [2.05, 4.69) is 47.4 Å². The monoisotopic (exact) mass is 275 g/mol. The number of halogens is 1. The van der Waals surface area contributed by atoms with Gasteiger partial charge in [-0.15, -0.1) is 11.8 Å². The molecule has 92 valence electrons. The molecule has 3 heteroatoms. The molecule has 0 radical (unpaired) electrons. The Morgan fingerprint density at radius 1 is 1.11 bits per heavy atom. The highest BCUT2D eigenvalue weighted by molar-refractivity contribution is 7.99. The molecule has 1 aliphatic rings. The Kier molecular flexibility index (Phi) is 3.48. The molecule has 0 fully saturated rings. The molecule has 0 saturated heterocycles. The molecular formula is C15H14ClNS. The van der Waals surface area contributed by atoms with Crippen LogP contribution in [0.2, 0.25) is 5.02 Å². The van der Waals surface area contributed by atoms with Crippen LogP contribution in [0, 0.1) is 0 Å². The van der Waals surface area contributed by atoms with Gasteiger partial charge in [-0.1, -0.05) is 41.9 Å². The van der Waals surface area contributed by atoms with Crippen molar-refractivity contribution in [3.8, 4) is 0 Å². The normalized spacial score (nSPS) is 13.7. The zero-order chi connectivity index (χ0) is 12.4. The van der Waals surface area contributed by atoms with Crippen molar-refractivity contribution in [3.05, 3.63) is 59.1 Å². The number of rotatable bonds is 3. The van der Waals surface area contributed by atoms with Gasteiger partial charge < -0.3 is 4.90 Å². The second-order valence-corrected chi connectivity index (χ2v) is 5.81. The average Bonchev–Trinajstić information content (AvgIpc) is 2.80. The van der Waals surface area contributed by atoms with Gasteiger partial charge in [0.15, 0.2) is 0 Å². The Labute approximate surface area is 117 Å². The first-order chi connectivity index (χ1) is 8.83. The highest BCUT2D eigenvalue weighted by Gasteiger charge is 2.19. The summed E-state index contributed by atoms with van der Waals surface area (Å²) in [5.41, 5.74) is 2.67. The van der Waals surface area contributed by atoms with Gasteiger partial charge in [0, 0.05) is 16.5 Å². The van der Waals surface area contributed by atoms with Gasteiger partial charge in [-0.05, 0) is 30.2 Å². The van der Waals surface area contributed by atoms with Crippen LogP contribution in [0.3, 0.4) is 0 Å². The summed E-state index contributed by atoms with van der Waals surface area (Å²) in [6, 6.07) is 16.8. The molecule has 0 amide bonds. The fourth-order valence-electron chi connectivity index (χ4n) is 2.17. The average molecular weight is 276 g/mol. The summed E-state index contributed by atoms with van der Waals surface area (Å²) in [6.07, 6.45) is 1.08. The number of hydrogen-bond donors (Lipinski definition) is 0. The van der Waals surface area contributed by atoms with Crippen molar-refractivity contribution in [1.82, 2.24) is 0 Å². The van der Waals surface area contributed by atoms with Gasteiger partial charge in [-0.3, -0.25) is 0 Å². The molecule has 0 N–H and O–H groups in total. The lowest BCUT2D eigenvalue weighted by molar-refractivity contribution is 0.866. The van der Waals surface area contributed by atoms with E-state index in [9.17, 15) is 0 Å². The lowest BCUT2D eigenvalue weighted by Crippen LogP contribution is -2.21. The van der Waals surface area contributed by atoms with Gasteiger partial charge in [0.1, 0.15) is 0 Å². The van der Waals surface area contributed by atoms with Crippen LogP contribution in [0.25, 0.3) is 0 Å². The largest absolute Gasteiger partial charge is 0.361 e. The van der Waals surface area contributed by atoms with Crippen LogP contribution in [-0.2, 0) is 6.42 Å². The topological polar surface area (TPSA) is 3.24 Å². The van der Waals surface area contributed by atoms with Crippen molar-refractivity contribution in [2.45, 2.75) is 11.3 Å². The molecule has 3 rings (SSSR count). The SMILES string of the molecule is Clc1ccc2c(c1)N(CCc1ccccc1)CS2. The van der Waals surface area contributed by atoms with Gasteiger partial charge in [0.25, 0.3) is 0 Å². The van der Waals surface area contributed by atoms with E-state index in [1.54, 1.807) is 0 Å². The number of fused-ring (bicyclic) bond motifs is 1. The summed E-state index contributed by atoms with van der Waals surface area (Å²) < 4.78 is 0. The standard InChI is InChI=1S/C15H14ClNS/c16-13-6-7-15-14(10-13)17(11-18-15)9-8-12-4-2-1-3-5-12/h1-7,10H,8-9,11H2. The third kappa shape index (κ3) is 2.50. The highest BCUT2D eigenvalue weighted by Crippen LogP contribution is 2.39. The number of thioether (sulfide) groups is 1. The summed E-state index contributed by atoms with van der Waals surface area (Å²) in [4.78, 5) is 3.74. The molecule has 1 nitrogen and oxygen atoms in total. The van der Waals surface area contributed by atoms with Crippen LogP contribution in [0.1, 0.15) is 5.56 Å². The Hall–Kier alpha value is -1.12. The van der Waals surface area contributed by atoms with E-state index >= 15 is 0 Å². The summed E-state index contributed by atoms with van der Waals surface area (Å²) >= 11 is 7.96. The molecule has 0 unspecified atom stereocenters. The van der Waals surface area contributed by atoms with E-state index in [0.29, 0.717) is 0 Å². The number of hydrogen-bond acceptors (Lipinski definition) is 2. The van der Waals surface area contributed by atoms with Gasteiger partial charge in [-0.2, -0.15) is 0 Å². The molecule has 18 heavy (non-hydrogen) atoms. The second-order valence-electron chi connectivity index (χ2n) is 4.38. The van der Waals surface area contributed by atoms with Crippen LogP contribution in [-0.4, -0.2) is 12.4 Å². The second kappa shape index (κ2) is 5.25. The van der Waals surface area contributed by atoms with E-state index in [1.807, 2.05) is 17.8 Å². The molecule has 0 atom stereocenters. The van der Waals surface area contributed by atoms with Crippen molar-refractivity contribution in [2.75, 3.05) is 17.3 Å². The van der Waals surface area contributed by atoms with E-state index in [-0.39, 0.29) is 0 Å². The van der Waals surface area contributed by atoms with Gasteiger partial charge >= 0.3 is 0 Å². The predicted octanol–water partition coefficient (Wildman–Crippen LogP) is 4.45. The van der Waals surface area contributed by atoms with E-state index in [1.165, 1.54) is 16.1 Å². The first-order valence-electron chi connectivity index (χ1n) is 6.04. The molecular weight excluding hydrogens is 262 g/mol. The van der Waals surface area contributed by atoms with Crippen LogP contribution < -0.4 is 4.90 Å². The fraction of sp³-hybridized carbons (Fsp3) is 0.200. The minimum atomic E-state index is 0.820. The van der Waals surface area contributed by atoms with Gasteiger partial charge in [0.05, 0.1) is 11.6 Å². The lowest BCUT2D eigenvalue weighted by atomic mass is 10.1. The molecule has 0 aliphatic carbocycles. The Bertz CT molecular complexity index is 541. The maximum atomic E-state index is 6.07.